The smallest absolute Gasteiger partial charge is 0.433 e. The number of aromatic nitrogens is 1. The molecule has 2 heterocycles. The zero-order valence-corrected chi connectivity index (χ0v) is 34.8. The Morgan fingerprint density at radius 1 is 0.365 bits per heavy atom. The van der Waals surface area contributed by atoms with Crippen LogP contribution in [0.1, 0.15) is 0 Å². The molecule has 11 aromatic rings. The van der Waals surface area contributed by atoms with Crippen molar-refractivity contribution in [2.24, 2.45) is 0 Å². The number of hydrogen-bond acceptors (Lipinski definition) is 5. The SMILES string of the molecule is [O-][P+]1(Nc2ccccn2)Oc2c(-c3ccc(-c4ccc5ccccc5c4)cc3)cc3ccccc3c2-c2c(c(-c3ccc(-c4ccc5ccccc5c4)cc3)cc3ccccc23)O1. The molecule has 0 radical (unpaired) electrons. The van der Waals surface area contributed by atoms with Gasteiger partial charge < -0.3 is 4.89 Å². The number of fused-ring (bicyclic) bond motifs is 9. The Kier molecular flexibility index (Phi) is 8.79. The topological polar surface area (TPSA) is 66.4 Å². The minimum absolute atomic E-state index is 0.370. The number of nitrogens with one attached hydrogen (secondary N) is 1. The average Bonchev–Trinajstić information content (AvgIpc) is 3.48. The Morgan fingerprint density at radius 2 is 0.762 bits per heavy atom. The van der Waals surface area contributed by atoms with Crippen LogP contribution in [0.4, 0.5) is 5.82 Å². The van der Waals surface area contributed by atoms with Gasteiger partial charge in [0.05, 0.1) is 0 Å². The van der Waals surface area contributed by atoms with Crippen LogP contribution in [0, 0.1) is 0 Å². The Labute approximate surface area is 365 Å². The van der Waals surface area contributed by atoms with Crippen molar-refractivity contribution < 1.29 is 13.9 Å². The molecule has 0 bridgehead atoms. The number of benzene rings is 10. The van der Waals surface area contributed by atoms with Crippen molar-refractivity contribution in [1.29, 1.82) is 0 Å². The second-order valence-electron chi connectivity index (χ2n) is 16.0. The molecule has 0 saturated carbocycles. The number of pyridine rings is 1. The van der Waals surface area contributed by atoms with E-state index in [1.807, 2.05) is 24.3 Å². The van der Waals surface area contributed by atoms with Crippen LogP contribution in [0.3, 0.4) is 0 Å². The molecule has 63 heavy (non-hydrogen) atoms. The van der Waals surface area contributed by atoms with Crippen molar-refractivity contribution >= 4 is 57.0 Å². The highest BCUT2D eigenvalue weighted by molar-refractivity contribution is 7.61. The van der Waals surface area contributed by atoms with Gasteiger partial charge in [-0.05, 0) is 113 Å². The third-order valence-corrected chi connectivity index (χ3v) is 13.5. The van der Waals surface area contributed by atoms with Crippen LogP contribution in [-0.4, -0.2) is 4.98 Å². The van der Waals surface area contributed by atoms with Crippen molar-refractivity contribution in [3.05, 3.63) is 219 Å². The lowest BCUT2D eigenvalue weighted by Crippen LogP contribution is -2.27. The van der Waals surface area contributed by atoms with E-state index in [0.717, 1.165) is 77.2 Å². The predicted octanol–water partition coefficient (Wildman–Crippen LogP) is 15.0. The second kappa shape index (κ2) is 15.0. The second-order valence-corrected chi connectivity index (χ2v) is 17.6. The molecule has 0 amide bonds. The minimum Gasteiger partial charge on any atom is -0.597 e. The lowest BCUT2D eigenvalue weighted by molar-refractivity contribution is -0.200. The maximum atomic E-state index is 15.7. The lowest BCUT2D eigenvalue weighted by Gasteiger charge is -2.27. The average molecular weight is 829 g/mol. The van der Waals surface area contributed by atoms with E-state index >= 15 is 4.89 Å². The summed E-state index contributed by atoms with van der Waals surface area (Å²) in [4.78, 5) is 20.2. The third kappa shape index (κ3) is 6.63. The van der Waals surface area contributed by atoms with E-state index in [1.54, 1.807) is 12.3 Å². The molecule has 1 aliphatic rings. The molecule has 1 aliphatic heterocycles. The fourth-order valence-electron chi connectivity index (χ4n) is 9.07. The molecule has 0 unspecified atom stereocenters. The van der Waals surface area contributed by atoms with E-state index in [4.69, 9.17) is 9.05 Å². The van der Waals surface area contributed by atoms with Gasteiger partial charge in [-0.25, -0.2) is 4.98 Å². The summed E-state index contributed by atoms with van der Waals surface area (Å²) in [5, 5.41) is 11.8. The van der Waals surface area contributed by atoms with Crippen molar-refractivity contribution in [2.75, 3.05) is 5.09 Å². The molecule has 10 aromatic carbocycles. The van der Waals surface area contributed by atoms with E-state index in [1.165, 1.54) is 21.5 Å². The van der Waals surface area contributed by atoms with Gasteiger partial charge in [-0.3, -0.25) is 9.05 Å². The summed E-state index contributed by atoms with van der Waals surface area (Å²) in [7, 11) is -4.27. The van der Waals surface area contributed by atoms with Crippen molar-refractivity contribution in [1.82, 2.24) is 4.98 Å². The Morgan fingerprint density at radius 3 is 1.22 bits per heavy atom. The molecule has 1 aromatic heterocycles. The van der Waals surface area contributed by atoms with Crippen LogP contribution in [0.15, 0.2) is 219 Å². The fraction of sp³-hybridized carbons (Fsp3) is 0. The van der Waals surface area contributed by atoms with E-state index in [9.17, 15) is 0 Å². The molecule has 0 aliphatic carbocycles. The standard InChI is InChI=1S/C57H37N2O3P/c60-63(59-53-19-9-10-32-58-53)61-56-51(41-26-20-39(21-27-41)45-30-24-37-11-1-3-13-43(37)33-45)35-47-15-5-7-17-49(47)54(56)55-50-18-8-6-16-48(50)36-52(57(55)62-63)42-28-22-40(23-29-42)46-31-25-38-12-2-4-14-44(38)34-46/h1-36H,(H,58,59,60). The van der Waals surface area contributed by atoms with E-state index < -0.39 is 8.09 Å². The van der Waals surface area contributed by atoms with E-state index in [2.05, 4.69) is 192 Å². The van der Waals surface area contributed by atoms with Crippen LogP contribution >= 0.6 is 8.09 Å². The maximum absolute atomic E-state index is 15.7. The number of rotatable bonds is 6. The first kappa shape index (κ1) is 37.0. The van der Waals surface area contributed by atoms with Gasteiger partial charge in [0.1, 0.15) is 0 Å². The first-order chi connectivity index (χ1) is 31.0. The summed E-state index contributed by atoms with van der Waals surface area (Å²) < 4.78 is 13.8. The highest BCUT2D eigenvalue weighted by Crippen LogP contribution is 2.64. The zero-order valence-electron chi connectivity index (χ0n) is 33.9. The van der Waals surface area contributed by atoms with Crippen molar-refractivity contribution in [2.45, 2.75) is 0 Å². The molecule has 12 rings (SSSR count). The number of nitrogens with zero attached hydrogens (tertiary/aromatic N) is 1. The fourth-order valence-corrected chi connectivity index (χ4v) is 10.5. The lowest BCUT2D eigenvalue weighted by atomic mass is 9.86. The molecule has 0 atom stereocenters. The molecule has 0 saturated heterocycles. The zero-order chi connectivity index (χ0) is 41.9. The van der Waals surface area contributed by atoms with Gasteiger partial charge in [0, 0.05) is 28.5 Å². The third-order valence-electron chi connectivity index (χ3n) is 12.2. The van der Waals surface area contributed by atoms with Gasteiger partial charge >= 0.3 is 8.09 Å². The van der Waals surface area contributed by atoms with Gasteiger partial charge in [0.25, 0.3) is 0 Å². The van der Waals surface area contributed by atoms with Gasteiger partial charge in [0.2, 0.25) is 0 Å². The number of anilines is 1. The van der Waals surface area contributed by atoms with Gasteiger partial charge in [0.15, 0.2) is 17.3 Å². The first-order valence-corrected chi connectivity index (χ1v) is 22.6. The first-order valence-electron chi connectivity index (χ1n) is 21.0. The summed E-state index contributed by atoms with van der Waals surface area (Å²) in [6.07, 6.45) is 1.65. The molecular formula is C57H37N2O3P. The predicted molar refractivity (Wildman–Crippen MR) is 260 cm³/mol. The van der Waals surface area contributed by atoms with Gasteiger partial charge in [-0.1, -0.05) is 176 Å². The summed E-state index contributed by atoms with van der Waals surface area (Å²) >= 11 is 0. The molecular weight excluding hydrogens is 792 g/mol. The molecule has 298 valence electrons. The molecule has 5 nitrogen and oxygen atoms in total. The van der Waals surface area contributed by atoms with Gasteiger partial charge in [-0.2, -0.15) is 5.09 Å². The highest BCUT2D eigenvalue weighted by Gasteiger charge is 2.43. The summed E-state index contributed by atoms with van der Waals surface area (Å²) in [6, 6.07) is 73.3. The molecule has 0 spiro atoms. The molecule has 6 heteroatoms. The summed E-state index contributed by atoms with van der Waals surface area (Å²) in [5.74, 6) is 1.30. The van der Waals surface area contributed by atoms with Crippen molar-refractivity contribution in [3.63, 3.8) is 0 Å². The van der Waals surface area contributed by atoms with E-state index in [-0.39, 0.29) is 0 Å². The Hall–Kier alpha value is -7.82. The Balaban J connectivity index is 1.08. The quantitative estimate of drug-likeness (QED) is 0.169. The Bertz CT molecular complexity index is 3340. The summed E-state index contributed by atoms with van der Waals surface area (Å²) in [6.45, 7) is 0. The maximum Gasteiger partial charge on any atom is 0.433 e. The van der Waals surface area contributed by atoms with Gasteiger partial charge in [-0.15, -0.1) is 0 Å². The monoisotopic (exact) mass is 828 g/mol. The van der Waals surface area contributed by atoms with Crippen LogP contribution in [-0.2, 0) is 0 Å². The normalized spacial score (nSPS) is 12.9. The van der Waals surface area contributed by atoms with Crippen LogP contribution in [0.2, 0.25) is 0 Å². The molecule has 0 fully saturated rings. The highest BCUT2D eigenvalue weighted by atomic mass is 31.2. The minimum atomic E-state index is -4.27. The number of hydrogen-bond donors (Lipinski definition) is 1. The summed E-state index contributed by atoms with van der Waals surface area (Å²) in [5.41, 5.74) is 9.48. The van der Waals surface area contributed by atoms with Crippen molar-refractivity contribution in [3.8, 4) is 67.1 Å². The van der Waals surface area contributed by atoms with Crippen LogP contribution in [0.5, 0.6) is 11.5 Å². The van der Waals surface area contributed by atoms with Crippen LogP contribution in [0.25, 0.3) is 98.7 Å². The largest absolute Gasteiger partial charge is 0.597 e. The molecule has 1 N–H and O–H groups in total. The van der Waals surface area contributed by atoms with Crippen LogP contribution < -0.4 is 19.0 Å². The van der Waals surface area contributed by atoms with E-state index in [0.29, 0.717) is 17.3 Å².